The number of nitro groups is 1. The lowest BCUT2D eigenvalue weighted by Gasteiger charge is -2.11. The van der Waals surface area contributed by atoms with Crippen LogP contribution in [-0.2, 0) is 11.3 Å². The van der Waals surface area contributed by atoms with Crippen molar-refractivity contribution in [3.63, 3.8) is 0 Å². The Balaban J connectivity index is 1.73. The molecule has 0 bridgehead atoms. The second-order valence-electron chi connectivity index (χ2n) is 7.05. The van der Waals surface area contributed by atoms with Gasteiger partial charge in [-0.05, 0) is 19.1 Å². The summed E-state index contributed by atoms with van der Waals surface area (Å²) in [7, 11) is 1.27. The fraction of sp³-hybridized carbons (Fsp3) is 0.182. The number of allylic oxidation sites excluding steroid dienone is 1. The number of phenolic OH excluding ortho intramolecular Hbond substituents is 1. The van der Waals surface area contributed by atoms with Crippen molar-refractivity contribution in [1.29, 1.82) is 0 Å². The van der Waals surface area contributed by atoms with Gasteiger partial charge in [0, 0.05) is 28.2 Å². The molecule has 1 amide bonds. The van der Waals surface area contributed by atoms with Gasteiger partial charge in [-0.2, -0.15) is 5.10 Å². The minimum atomic E-state index is -0.626. The number of carbonyl (C=O) groups excluding carboxylic acids is 1. The van der Waals surface area contributed by atoms with Crippen molar-refractivity contribution >= 4 is 45.5 Å². The number of aromatic hydroxyl groups is 1. The molecule has 11 nitrogen and oxygen atoms in total. The minimum absolute atomic E-state index is 0.0153. The monoisotopic (exact) mass is 560 g/mol. The Labute approximate surface area is 213 Å². The van der Waals surface area contributed by atoms with Crippen LogP contribution in [0.5, 0.6) is 11.5 Å². The molecule has 0 aliphatic carbocycles. The third-order valence-electron chi connectivity index (χ3n) is 4.68. The molecule has 0 aliphatic rings. The van der Waals surface area contributed by atoms with Crippen LogP contribution in [0.1, 0.15) is 12.5 Å². The number of ether oxygens (including phenoxy) is 1. The van der Waals surface area contributed by atoms with Gasteiger partial charge < -0.3 is 9.84 Å². The number of amides is 1. The summed E-state index contributed by atoms with van der Waals surface area (Å²) in [5.41, 5.74) is 2.95. The van der Waals surface area contributed by atoms with Crippen molar-refractivity contribution in [3.05, 3.63) is 69.2 Å². The molecular formula is C22H21BrN6O5S. The highest BCUT2D eigenvalue weighted by Crippen LogP contribution is 2.33. The van der Waals surface area contributed by atoms with E-state index in [1.54, 1.807) is 13.0 Å². The average molecular weight is 561 g/mol. The molecule has 1 atom stereocenters. The van der Waals surface area contributed by atoms with E-state index >= 15 is 0 Å². The van der Waals surface area contributed by atoms with Crippen molar-refractivity contribution in [2.75, 3.05) is 7.11 Å². The molecule has 0 aliphatic heterocycles. The van der Waals surface area contributed by atoms with Crippen molar-refractivity contribution < 1.29 is 19.6 Å². The first-order valence-electron chi connectivity index (χ1n) is 10.1. The maximum atomic E-state index is 12.6. The molecule has 0 unspecified atom stereocenters. The summed E-state index contributed by atoms with van der Waals surface area (Å²) in [5, 5.41) is 33.5. The summed E-state index contributed by atoms with van der Waals surface area (Å²) < 4.78 is 7.73. The average Bonchev–Trinajstić information content (AvgIpc) is 3.22. The SMILES string of the molecule is C=CCn1c(S[C@H](C)C(=O)N/N=C/c2cc([N+](=O)[O-])cc(OC)c2O)nnc1-c1ccc(Br)cc1. The molecule has 2 N–H and O–H groups in total. The van der Waals surface area contributed by atoms with Crippen molar-refractivity contribution in [2.45, 2.75) is 23.9 Å². The van der Waals surface area contributed by atoms with Crippen LogP contribution in [0.15, 0.2) is 63.8 Å². The van der Waals surface area contributed by atoms with E-state index in [4.69, 9.17) is 4.74 Å². The number of carbonyl (C=O) groups is 1. The van der Waals surface area contributed by atoms with Gasteiger partial charge in [-0.1, -0.05) is 45.9 Å². The first-order valence-corrected chi connectivity index (χ1v) is 11.8. The highest BCUT2D eigenvalue weighted by molar-refractivity contribution is 9.10. The van der Waals surface area contributed by atoms with E-state index < -0.39 is 16.1 Å². The van der Waals surface area contributed by atoms with Gasteiger partial charge >= 0.3 is 0 Å². The van der Waals surface area contributed by atoms with E-state index in [1.807, 2.05) is 28.8 Å². The molecule has 182 valence electrons. The number of nitro benzene ring substituents is 1. The lowest BCUT2D eigenvalue weighted by atomic mass is 10.2. The lowest BCUT2D eigenvalue weighted by molar-refractivity contribution is -0.385. The number of rotatable bonds is 10. The normalized spacial score (nSPS) is 11.9. The Kier molecular flexibility index (Phi) is 8.60. The van der Waals surface area contributed by atoms with Crippen LogP contribution in [0.25, 0.3) is 11.4 Å². The number of phenols is 1. The Bertz CT molecular complexity index is 1280. The summed E-state index contributed by atoms with van der Waals surface area (Å²) in [6.07, 6.45) is 2.82. The number of nitrogens with zero attached hydrogens (tertiary/aromatic N) is 5. The molecule has 3 rings (SSSR count). The number of nitrogens with one attached hydrogen (secondary N) is 1. The van der Waals surface area contributed by atoms with Crippen LogP contribution in [-0.4, -0.2) is 49.3 Å². The fourth-order valence-electron chi connectivity index (χ4n) is 2.92. The van der Waals surface area contributed by atoms with E-state index in [1.165, 1.54) is 18.9 Å². The zero-order valence-corrected chi connectivity index (χ0v) is 21.1. The minimum Gasteiger partial charge on any atom is -0.504 e. The second kappa shape index (κ2) is 11.6. The van der Waals surface area contributed by atoms with Crippen molar-refractivity contribution in [3.8, 4) is 22.9 Å². The van der Waals surface area contributed by atoms with Crippen LogP contribution >= 0.6 is 27.7 Å². The van der Waals surface area contributed by atoms with Gasteiger partial charge in [-0.25, -0.2) is 5.43 Å². The number of aromatic nitrogens is 3. The van der Waals surface area contributed by atoms with Gasteiger partial charge in [0.05, 0.1) is 29.6 Å². The van der Waals surface area contributed by atoms with E-state index in [9.17, 15) is 20.0 Å². The first-order chi connectivity index (χ1) is 16.7. The van der Waals surface area contributed by atoms with Crippen molar-refractivity contribution in [1.82, 2.24) is 20.2 Å². The van der Waals surface area contributed by atoms with Gasteiger partial charge in [0.1, 0.15) is 0 Å². The largest absolute Gasteiger partial charge is 0.504 e. The van der Waals surface area contributed by atoms with Crippen LogP contribution in [0.2, 0.25) is 0 Å². The summed E-state index contributed by atoms with van der Waals surface area (Å²) in [5.74, 6) is -0.224. The second-order valence-corrected chi connectivity index (χ2v) is 9.27. The molecule has 1 aromatic heterocycles. The van der Waals surface area contributed by atoms with E-state index in [-0.39, 0.29) is 22.7 Å². The molecule has 0 saturated carbocycles. The van der Waals surface area contributed by atoms with E-state index in [2.05, 4.69) is 43.2 Å². The third kappa shape index (κ3) is 6.25. The van der Waals surface area contributed by atoms with E-state index in [0.717, 1.165) is 28.4 Å². The van der Waals surface area contributed by atoms with Gasteiger partial charge in [-0.15, -0.1) is 16.8 Å². The maximum absolute atomic E-state index is 12.6. The highest BCUT2D eigenvalue weighted by Gasteiger charge is 2.21. The zero-order chi connectivity index (χ0) is 25.5. The van der Waals surface area contributed by atoms with Gasteiger partial charge in [0.25, 0.3) is 11.6 Å². The Morgan fingerprint density at radius 2 is 2.11 bits per heavy atom. The van der Waals surface area contributed by atoms with Crippen LogP contribution in [0, 0.1) is 10.1 Å². The number of hydrazone groups is 1. The molecule has 1 heterocycles. The Morgan fingerprint density at radius 3 is 2.74 bits per heavy atom. The molecule has 13 heteroatoms. The van der Waals surface area contributed by atoms with Crippen molar-refractivity contribution in [2.24, 2.45) is 5.10 Å². The predicted octanol–water partition coefficient (Wildman–Crippen LogP) is 4.15. The molecule has 0 saturated heterocycles. The quantitative estimate of drug-likeness (QED) is 0.124. The number of methoxy groups -OCH3 is 1. The molecule has 0 fully saturated rings. The first kappa shape index (κ1) is 25.9. The molecule has 0 radical (unpaired) electrons. The summed E-state index contributed by atoms with van der Waals surface area (Å²) >= 11 is 4.59. The Hall–Kier alpha value is -3.71. The highest BCUT2D eigenvalue weighted by atomic mass is 79.9. The van der Waals surface area contributed by atoms with Crippen LogP contribution < -0.4 is 10.2 Å². The standard InChI is InChI=1S/C22H21BrN6O5S/c1-4-9-28-20(14-5-7-16(23)8-6-14)25-27-22(28)35-13(2)21(31)26-24-12-15-10-17(29(32)33)11-18(34-3)19(15)30/h4-8,10-13,30H,1,9H2,2-3H3,(H,26,31)/b24-12+/t13-/m1/s1. The summed E-state index contributed by atoms with van der Waals surface area (Å²) in [4.78, 5) is 23.0. The number of non-ortho nitro benzene ring substituents is 1. The van der Waals surface area contributed by atoms with Crippen LogP contribution in [0.3, 0.4) is 0 Å². The molecular weight excluding hydrogens is 540 g/mol. The number of halogens is 1. The molecule has 0 spiro atoms. The molecule has 2 aromatic carbocycles. The van der Waals surface area contributed by atoms with Crippen LogP contribution in [0.4, 0.5) is 5.69 Å². The topological polar surface area (TPSA) is 145 Å². The van der Waals surface area contributed by atoms with Gasteiger partial charge in [-0.3, -0.25) is 19.5 Å². The lowest BCUT2D eigenvalue weighted by Crippen LogP contribution is -2.27. The van der Waals surface area contributed by atoms with Gasteiger partial charge in [0.15, 0.2) is 22.5 Å². The van der Waals surface area contributed by atoms with E-state index in [0.29, 0.717) is 17.5 Å². The Morgan fingerprint density at radius 1 is 1.40 bits per heavy atom. The van der Waals surface area contributed by atoms with Gasteiger partial charge in [0.2, 0.25) is 0 Å². The molecule has 3 aromatic rings. The predicted molar refractivity (Wildman–Crippen MR) is 136 cm³/mol. The number of hydrogen-bond donors (Lipinski definition) is 2. The fourth-order valence-corrected chi connectivity index (χ4v) is 4.04. The number of benzene rings is 2. The third-order valence-corrected chi connectivity index (χ3v) is 6.29. The maximum Gasteiger partial charge on any atom is 0.274 e. The molecule has 35 heavy (non-hydrogen) atoms. The number of thioether (sulfide) groups is 1. The number of hydrogen-bond acceptors (Lipinski definition) is 9. The zero-order valence-electron chi connectivity index (χ0n) is 18.7. The summed E-state index contributed by atoms with van der Waals surface area (Å²) in [6.45, 7) is 5.90. The summed E-state index contributed by atoms with van der Waals surface area (Å²) in [6, 6.07) is 9.82. The smallest absolute Gasteiger partial charge is 0.274 e.